The van der Waals surface area contributed by atoms with Crippen molar-refractivity contribution in [2.24, 2.45) is 0 Å². The molecular weight excluding hydrogens is 339 g/mol. The number of nitrogens with one attached hydrogen (secondary N) is 1. The molecule has 3 nitrogen and oxygen atoms in total. The van der Waals surface area contributed by atoms with Gasteiger partial charge in [0.1, 0.15) is 5.75 Å². The summed E-state index contributed by atoms with van der Waals surface area (Å²) in [4.78, 5) is 0. The van der Waals surface area contributed by atoms with Gasteiger partial charge in [-0.2, -0.15) is 0 Å². The summed E-state index contributed by atoms with van der Waals surface area (Å²) < 4.78 is 46.0. The summed E-state index contributed by atoms with van der Waals surface area (Å²) in [6, 6.07) is 4.41. The van der Waals surface area contributed by atoms with Crippen LogP contribution in [0.3, 0.4) is 0 Å². The first-order chi connectivity index (χ1) is 9.44. The molecule has 1 fully saturated rings. The summed E-state index contributed by atoms with van der Waals surface area (Å²) in [5.74, 6) is -0.248. The third kappa shape index (κ3) is 4.86. The zero-order valence-electron chi connectivity index (χ0n) is 10.7. The van der Waals surface area contributed by atoms with Gasteiger partial charge >= 0.3 is 6.36 Å². The van der Waals surface area contributed by atoms with Crippen molar-refractivity contribution in [3.8, 4) is 5.75 Å². The molecule has 1 saturated heterocycles. The number of halogens is 4. The Morgan fingerprint density at radius 2 is 2.20 bits per heavy atom. The predicted octanol–water partition coefficient (Wildman–Crippen LogP) is 4.33. The Bertz CT molecular complexity index is 448. The van der Waals surface area contributed by atoms with Gasteiger partial charge in [0.25, 0.3) is 0 Å². The van der Waals surface area contributed by atoms with Crippen LogP contribution in [-0.4, -0.2) is 25.6 Å². The molecule has 1 aromatic carbocycles. The zero-order valence-corrected chi connectivity index (χ0v) is 12.3. The number of rotatable bonds is 5. The summed E-state index contributed by atoms with van der Waals surface area (Å²) in [5.41, 5.74) is 0.740. The van der Waals surface area contributed by atoms with Gasteiger partial charge in [-0.25, -0.2) is 0 Å². The third-order valence-electron chi connectivity index (χ3n) is 2.98. The Balaban J connectivity index is 1.85. The third-order valence-corrected chi connectivity index (χ3v) is 3.60. The predicted molar refractivity (Wildman–Crippen MR) is 72.9 cm³/mol. The Labute approximate surface area is 123 Å². The molecule has 0 amide bonds. The van der Waals surface area contributed by atoms with E-state index in [9.17, 15) is 13.2 Å². The molecule has 1 atom stereocenters. The molecule has 20 heavy (non-hydrogen) atoms. The molecule has 0 bridgehead atoms. The van der Waals surface area contributed by atoms with Gasteiger partial charge in [-0.15, -0.1) is 13.2 Å². The number of benzene rings is 1. The lowest BCUT2D eigenvalue weighted by Crippen LogP contribution is -2.17. The van der Waals surface area contributed by atoms with E-state index >= 15 is 0 Å². The molecule has 0 radical (unpaired) electrons. The smallest absolute Gasteiger partial charge is 0.405 e. The summed E-state index contributed by atoms with van der Waals surface area (Å²) in [6.07, 6.45) is -1.34. The first-order valence-corrected chi connectivity index (χ1v) is 7.14. The Morgan fingerprint density at radius 3 is 2.80 bits per heavy atom. The van der Waals surface area contributed by atoms with Crippen molar-refractivity contribution < 1.29 is 22.6 Å². The first kappa shape index (κ1) is 15.4. The van der Waals surface area contributed by atoms with Gasteiger partial charge in [-0.1, -0.05) is 0 Å². The van der Waals surface area contributed by atoms with Crippen LogP contribution < -0.4 is 10.1 Å². The average Bonchev–Trinajstić information content (AvgIpc) is 2.84. The van der Waals surface area contributed by atoms with Gasteiger partial charge in [0, 0.05) is 18.8 Å². The van der Waals surface area contributed by atoms with Crippen LogP contribution in [0.1, 0.15) is 19.3 Å². The summed E-state index contributed by atoms with van der Waals surface area (Å²) in [7, 11) is 0. The molecule has 1 aliphatic rings. The standard InChI is InChI=1S/C13H15BrF3NO2/c14-11-8-9(3-4-12(11)20-13(15,16)17)18-6-5-10-2-1-7-19-10/h3-4,8,10,18H,1-2,5-7H2. The van der Waals surface area contributed by atoms with Crippen molar-refractivity contribution in [2.75, 3.05) is 18.5 Å². The van der Waals surface area contributed by atoms with E-state index in [0.717, 1.165) is 38.1 Å². The van der Waals surface area contributed by atoms with E-state index in [1.54, 1.807) is 12.1 Å². The maximum Gasteiger partial charge on any atom is 0.573 e. The van der Waals surface area contributed by atoms with Crippen LogP contribution in [0.5, 0.6) is 5.75 Å². The molecule has 1 aromatic rings. The van der Waals surface area contributed by atoms with E-state index in [1.165, 1.54) is 6.07 Å². The lowest BCUT2D eigenvalue weighted by molar-refractivity contribution is -0.274. The first-order valence-electron chi connectivity index (χ1n) is 6.35. The molecule has 112 valence electrons. The van der Waals surface area contributed by atoms with Crippen molar-refractivity contribution in [2.45, 2.75) is 31.7 Å². The molecule has 0 aliphatic carbocycles. The number of alkyl halides is 3. The van der Waals surface area contributed by atoms with Crippen molar-refractivity contribution in [3.63, 3.8) is 0 Å². The zero-order chi connectivity index (χ0) is 14.6. The van der Waals surface area contributed by atoms with E-state index in [0.29, 0.717) is 6.10 Å². The van der Waals surface area contributed by atoms with Crippen LogP contribution in [0.4, 0.5) is 18.9 Å². The second-order valence-electron chi connectivity index (χ2n) is 4.54. The fourth-order valence-corrected chi connectivity index (χ4v) is 2.53. The molecule has 1 heterocycles. The Morgan fingerprint density at radius 1 is 1.40 bits per heavy atom. The van der Waals surface area contributed by atoms with Crippen LogP contribution in [0.25, 0.3) is 0 Å². The average molecular weight is 354 g/mol. The highest BCUT2D eigenvalue weighted by Gasteiger charge is 2.31. The van der Waals surface area contributed by atoms with Crippen molar-refractivity contribution in [3.05, 3.63) is 22.7 Å². The molecule has 1 N–H and O–H groups in total. The minimum atomic E-state index is -4.68. The lowest BCUT2D eigenvalue weighted by atomic mass is 10.2. The highest BCUT2D eigenvalue weighted by molar-refractivity contribution is 9.10. The van der Waals surface area contributed by atoms with Gasteiger partial charge in [-0.3, -0.25) is 0 Å². The van der Waals surface area contributed by atoms with Crippen LogP contribution in [0.2, 0.25) is 0 Å². The molecule has 1 aliphatic heterocycles. The van der Waals surface area contributed by atoms with Gasteiger partial charge in [-0.05, 0) is 53.4 Å². The molecule has 7 heteroatoms. The van der Waals surface area contributed by atoms with Crippen molar-refractivity contribution >= 4 is 21.6 Å². The van der Waals surface area contributed by atoms with E-state index in [4.69, 9.17) is 4.74 Å². The highest BCUT2D eigenvalue weighted by Crippen LogP contribution is 2.32. The number of hydrogen-bond acceptors (Lipinski definition) is 3. The molecule has 2 rings (SSSR count). The lowest BCUT2D eigenvalue weighted by Gasteiger charge is -2.13. The quantitative estimate of drug-likeness (QED) is 0.854. The Kier molecular flexibility index (Phi) is 5.15. The summed E-state index contributed by atoms with van der Waals surface area (Å²) >= 11 is 3.07. The van der Waals surface area contributed by atoms with Crippen LogP contribution in [0.15, 0.2) is 22.7 Å². The van der Waals surface area contributed by atoms with Crippen molar-refractivity contribution in [1.82, 2.24) is 0 Å². The monoisotopic (exact) mass is 353 g/mol. The molecule has 1 unspecified atom stereocenters. The van der Waals surface area contributed by atoms with E-state index in [2.05, 4.69) is 26.0 Å². The van der Waals surface area contributed by atoms with Crippen LogP contribution in [0, 0.1) is 0 Å². The van der Waals surface area contributed by atoms with Crippen LogP contribution >= 0.6 is 15.9 Å². The molecular formula is C13H15BrF3NO2. The van der Waals surface area contributed by atoms with E-state index in [1.807, 2.05) is 0 Å². The molecule has 0 spiro atoms. The van der Waals surface area contributed by atoms with Gasteiger partial charge in [0.2, 0.25) is 0 Å². The minimum absolute atomic E-state index is 0.248. The van der Waals surface area contributed by atoms with Crippen molar-refractivity contribution in [1.29, 1.82) is 0 Å². The number of anilines is 1. The molecule has 0 saturated carbocycles. The largest absolute Gasteiger partial charge is 0.573 e. The van der Waals surface area contributed by atoms with Gasteiger partial charge in [0.05, 0.1) is 10.6 Å². The minimum Gasteiger partial charge on any atom is -0.405 e. The van der Waals surface area contributed by atoms with E-state index in [-0.39, 0.29) is 10.2 Å². The maximum atomic E-state index is 12.1. The second kappa shape index (κ2) is 6.67. The van der Waals surface area contributed by atoms with Gasteiger partial charge < -0.3 is 14.8 Å². The topological polar surface area (TPSA) is 30.5 Å². The summed E-state index contributed by atoms with van der Waals surface area (Å²) in [6.45, 7) is 1.54. The van der Waals surface area contributed by atoms with Crippen LogP contribution in [-0.2, 0) is 4.74 Å². The van der Waals surface area contributed by atoms with Gasteiger partial charge in [0.15, 0.2) is 0 Å². The van der Waals surface area contributed by atoms with E-state index < -0.39 is 6.36 Å². The second-order valence-corrected chi connectivity index (χ2v) is 5.40. The molecule has 0 aromatic heterocycles. The maximum absolute atomic E-state index is 12.1. The summed E-state index contributed by atoms with van der Waals surface area (Å²) in [5, 5.41) is 3.16. The SMILES string of the molecule is FC(F)(F)Oc1ccc(NCCC2CCCO2)cc1Br. The number of hydrogen-bond donors (Lipinski definition) is 1. The normalized spacial score (nSPS) is 19.1. The Hall–Kier alpha value is -0.950. The fraction of sp³-hybridized carbons (Fsp3) is 0.538. The highest BCUT2D eigenvalue weighted by atomic mass is 79.9. The fourth-order valence-electron chi connectivity index (χ4n) is 2.07. The number of ether oxygens (including phenoxy) is 2.